The van der Waals surface area contributed by atoms with Crippen molar-refractivity contribution in [2.45, 2.75) is 46.1 Å². The highest BCUT2D eigenvalue weighted by molar-refractivity contribution is 5.83. The summed E-state index contributed by atoms with van der Waals surface area (Å²) in [5.41, 5.74) is 1.09. The summed E-state index contributed by atoms with van der Waals surface area (Å²) in [6.45, 7) is 8.50. The highest BCUT2D eigenvalue weighted by atomic mass is 16.5. The molecule has 6 heteroatoms. The Bertz CT molecular complexity index is 672. The van der Waals surface area contributed by atoms with E-state index in [2.05, 4.69) is 19.9 Å². The molecule has 1 aromatic rings. The summed E-state index contributed by atoms with van der Waals surface area (Å²) < 4.78 is 11.0. The van der Waals surface area contributed by atoms with Crippen LogP contribution in [0.15, 0.2) is 18.2 Å². The minimum atomic E-state index is -1.03. The molecule has 1 aromatic carbocycles. The van der Waals surface area contributed by atoms with Gasteiger partial charge in [0.25, 0.3) is 5.91 Å². The van der Waals surface area contributed by atoms with Crippen LogP contribution in [0.5, 0.6) is 5.75 Å². The number of carboxylic acids is 1. The second kappa shape index (κ2) is 8.08. The molecule has 1 heterocycles. The van der Waals surface area contributed by atoms with Crippen molar-refractivity contribution in [2.75, 3.05) is 26.8 Å². The van der Waals surface area contributed by atoms with Crippen LogP contribution in [0.4, 0.5) is 0 Å². The first-order valence-electron chi connectivity index (χ1n) is 8.98. The van der Waals surface area contributed by atoms with E-state index in [0.717, 1.165) is 11.1 Å². The molecule has 2 unspecified atom stereocenters. The molecule has 26 heavy (non-hydrogen) atoms. The standard InChI is InChI=1S/C20H29NO5/c1-13(2)16-7-6-14(3)17(10-16)26-15(4)18(22)21-9-8-20(11-21,12-25-5)19(23)24/h6-7,10,13,15H,8-9,11-12H2,1-5H3,(H,23,24). The molecule has 1 amide bonds. The van der Waals surface area contributed by atoms with Crippen LogP contribution in [0, 0.1) is 12.3 Å². The Hall–Kier alpha value is -2.08. The third-order valence-corrected chi connectivity index (χ3v) is 5.07. The first kappa shape index (κ1) is 20.2. The number of carbonyl (C=O) groups is 2. The van der Waals surface area contributed by atoms with Crippen molar-refractivity contribution in [3.8, 4) is 5.75 Å². The molecule has 0 radical (unpaired) electrons. The third kappa shape index (κ3) is 4.18. The number of benzene rings is 1. The average Bonchev–Trinajstić information content (AvgIpc) is 3.01. The van der Waals surface area contributed by atoms with Gasteiger partial charge in [-0.15, -0.1) is 0 Å². The van der Waals surface area contributed by atoms with Crippen LogP contribution >= 0.6 is 0 Å². The van der Waals surface area contributed by atoms with E-state index in [9.17, 15) is 14.7 Å². The fraction of sp³-hybridized carbons (Fsp3) is 0.600. The van der Waals surface area contributed by atoms with Crippen molar-refractivity contribution in [3.63, 3.8) is 0 Å². The molecular formula is C20H29NO5. The van der Waals surface area contributed by atoms with Gasteiger partial charge in [-0.25, -0.2) is 0 Å². The first-order valence-corrected chi connectivity index (χ1v) is 8.98. The molecule has 0 aliphatic carbocycles. The molecule has 2 rings (SSSR count). The van der Waals surface area contributed by atoms with Gasteiger partial charge in [0.15, 0.2) is 6.10 Å². The molecule has 1 fully saturated rings. The number of aliphatic carboxylic acids is 1. The number of likely N-dealkylation sites (tertiary alicyclic amines) is 1. The SMILES string of the molecule is COCC1(C(=O)O)CCN(C(=O)C(C)Oc2cc(C(C)C)ccc2C)C1. The van der Waals surface area contributed by atoms with E-state index < -0.39 is 17.5 Å². The summed E-state index contributed by atoms with van der Waals surface area (Å²) in [6, 6.07) is 6.03. The van der Waals surface area contributed by atoms with Gasteiger partial charge < -0.3 is 19.5 Å². The maximum Gasteiger partial charge on any atom is 0.313 e. The van der Waals surface area contributed by atoms with E-state index in [1.165, 1.54) is 7.11 Å². The number of methoxy groups -OCH3 is 1. The second-order valence-electron chi connectivity index (χ2n) is 7.47. The quantitative estimate of drug-likeness (QED) is 0.806. The van der Waals surface area contributed by atoms with Gasteiger partial charge in [-0.2, -0.15) is 0 Å². The van der Waals surface area contributed by atoms with E-state index in [-0.39, 0.29) is 19.1 Å². The Morgan fingerprint density at radius 3 is 2.58 bits per heavy atom. The summed E-state index contributed by atoms with van der Waals surface area (Å²) in [5, 5.41) is 9.54. The predicted octanol–water partition coefficient (Wildman–Crippen LogP) is 2.84. The van der Waals surface area contributed by atoms with Gasteiger partial charge in [0.05, 0.1) is 6.61 Å². The normalized spacial score (nSPS) is 21.1. The Morgan fingerprint density at radius 1 is 1.31 bits per heavy atom. The third-order valence-electron chi connectivity index (χ3n) is 5.07. The summed E-state index contributed by atoms with van der Waals surface area (Å²) in [7, 11) is 1.48. The number of carbonyl (C=O) groups excluding carboxylic acids is 1. The smallest absolute Gasteiger partial charge is 0.313 e. The predicted molar refractivity (Wildman–Crippen MR) is 98.5 cm³/mol. The lowest BCUT2D eigenvalue weighted by Crippen LogP contribution is -2.43. The molecule has 0 bridgehead atoms. The van der Waals surface area contributed by atoms with Crippen LogP contribution in [0.25, 0.3) is 0 Å². The van der Waals surface area contributed by atoms with E-state index in [4.69, 9.17) is 9.47 Å². The van der Waals surface area contributed by atoms with Gasteiger partial charge in [0.1, 0.15) is 11.2 Å². The van der Waals surface area contributed by atoms with Gasteiger partial charge in [0, 0.05) is 20.2 Å². The van der Waals surface area contributed by atoms with Crippen molar-refractivity contribution in [1.82, 2.24) is 4.90 Å². The largest absolute Gasteiger partial charge is 0.481 e. The van der Waals surface area contributed by atoms with Crippen LogP contribution in [0.2, 0.25) is 0 Å². The summed E-state index contributed by atoms with van der Waals surface area (Å²) in [5.74, 6) is -0.0623. The highest BCUT2D eigenvalue weighted by Gasteiger charge is 2.47. The van der Waals surface area contributed by atoms with Crippen molar-refractivity contribution in [2.24, 2.45) is 5.41 Å². The van der Waals surface area contributed by atoms with Gasteiger partial charge in [-0.05, 0) is 43.4 Å². The Labute approximate surface area is 155 Å². The molecule has 144 valence electrons. The number of rotatable bonds is 7. The van der Waals surface area contributed by atoms with Crippen LogP contribution in [-0.2, 0) is 14.3 Å². The van der Waals surface area contributed by atoms with E-state index in [1.807, 2.05) is 19.1 Å². The van der Waals surface area contributed by atoms with Crippen molar-refractivity contribution in [3.05, 3.63) is 29.3 Å². The molecule has 2 atom stereocenters. The number of nitrogens with zero attached hydrogens (tertiary/aromatic N) is 1. The molecule has 1 aliphatic heterocycles. The summed E-state index contributed by atoms with van der Waals surface area (Å²) >= 11 is 0. The van der Waals surface area contributed by atoms with Gasteiger partial charge in [-0.1, -0.05) is 26.0 Å². The second-order valence-corrected chi connectivity index (χ2v) is 7.47. The van der Waals surface area contributed by atoms with E-state index in [0.29, 0.717) is 24.6 Å². The fourth-order valence-corrected chi connectivity index (χ4v) is 3.29. The van der Waals surface area contributed by atoms with Crippen molar-refractivity contribution >= 4 is 11.9 Å². The lowest BCUT2D eigenvalue weighted by atomic mass is 9.88. The van der Waals surface area contributed by atoms with E-state index >= 15 is 0 Å². The van der Waals surface area contributed by atoms with Crippen LogP contribution in [0.3, 0.4) is 0 Å². The summed E-state index contributed by atoms with van der Waals surface area (Å²) in [4.78, 5) is 26.0. The molecule has 1 N–H and O–H groups in total. The molecule has 0 spiro atoms. The van der Waals surface area contributed by atoms with Gasteiger partial charge >= 0.3 is 5.97 Å². The topological polar surface area (TPSA) is 76.1 Å². The molecule has 0 aromatic heterocycles. The van der Waals surface area contributed by atoms with Gasteiger partial charge in [0.2, 0.25) is 0 Å². The molecule has 1 saturated heterocycles. The zero-order valence-electron chi connectivity index (χ0n) is 16.2. The lowest BCUT2D eigenvalue weighted by Gasteiger charge is -2.26. The number of hydrogen-bond donors (Lipinski definition) is 1. The van der Waals surface area contributed by atoms with Gasteiger partial charge in [-0.3, -0.25) is 9.59 Å². The molecule has 6 nitrogen and oxygen atoms in total. The Morgan fingerprint density at radius 2 is 2.00 bits per heavy atom. The maximum atomic E-state index is 12.8. The molecular weight excluding hydrogens is 334 g/mol. The number of hydrogen-bond acceptors (Lipinski definition) is 4. The van der Waals surface area contributed by atoms with Crippen molar-refractivity contribution < 1.29 is 24.2 Å². The zero-order chi connectivity index (χ0) is 19.5. The number of ether oxygens (including phenoxy) is 2. The number of aryl methyl sites for hydroxylation is 1. The summed E-state index contributed by atoms with van der Waals surface area (Å²) in [6.07, 6.45) is -0.292. The van der Waals surface area contributed by atoms with Crippen LogP contribution in [0.1, 0.15) is 44.2 Å². The minimum Gasteiger partial charge on any atom is -0.481 e. The number of carboxylic acid groups (broad SMARTS) is 1. The minimum absolute atomic E-state index is 0.0941. The Kier molecular flexibility index (Phi) is 6.29. The average molecular weight is 363 g/mol. The maximum absolute atomic E-state index is 12.8. The first-order chi connectivity index (χ1) is 12.2. The monoisotopic (exact) mass is 363 g/mol. The van der Waals surface area contributed by atoms with Crippen LogP contribution in [-0.4, -0.2) is 54.8 Å². The molecule has 0 saturated carbocycles. The fourth-order valence-electron chi connectivity index (χ4n) is 3.29. The Balaban J connectivity index is 2.09. The zero-order valence-corrected chi connectivity index (χ0v) is 16.2. The number of amides is 1. The van der Waals surface area contributed by atoms with Crippen LogP contribution < -0.4 is 4.74 Å². The highest BCUT2D eigenvalue weighted by Crippen LogP contribution is 2.32. The lowest BCUT2D eigenvalue weighted by molar-refractivity contribution is -0.152. The van der Waals surface area contributed by atoms with Crippen molar-refractivity contribution in [1.29, 1.82) is 0 Å². The van der Waals surface area contributed by atoms with E-state index in [1.54, 1.807) is 11.8 Å². The molecule has 1 aliphatic rings.